The van der Waals surface area contributed by atoms with Crippen LogP contribution in [0.15, 0.2) is 41.5 Å². The molecular formula is C23H34IN5O3. The van der Waals surface area contributed by atoms with Crippen LogP contribution in [-0.4, -0.2) is 81.8 Å². The first-order chi connectivity index (χ1) is 15.2. The lowest BCUT2D eigenvalue weighted by molar-refractivity contribution is 0.172. The van der Waals surface area contributed by atoms with Gasteiger partial charge in [0.2, 0.25) is 5.75 Å². The van der Waals surface area contributed by atoms with E-state index in [1.165, 1.54) is 0 Å². The highest BCUT2D eigenvalue weighted by Crippen LogP contribution is 2.38. The van der Waals surface area contributed by atoms with Crippen molar-refractivity contribution in [3.05, 3.63) is 47.8 Å². The Bertz CT molecular complexity index is 833. The monoisotopic (exact) mass is 555 g/mol. The minimum absolute atomic E-state index is 0. The third-order valence-corrected chi connectivity index (χ3v) is 5.40. The van der Waals surface area contributed by atoms with Crippen LogP contribution in [-0.2, 0) is 13.0 Å². The van der Waals surface area contributed by atoms with E-state index in [-0.39, 0.29) is 24.0 Å². The third-order valence-electron chi connectivity index (χ3n) is 5.40. The summed E-state index contributed by atoms with van der Waals surface area (Å²) in [5, 5.41) is 3.47. The minimum Gasteiger partial charge on any atom is -0.493 e. The molecule has 0 unspecified atom stereocenters. The molecule has 32 heavy (non-hydrogen) atoms. The lowest BCUT2D eigenvalue weighted by Gasteiger charge is -2.36. The van der Waals surface area contributed by atoms with Crippen LogP contribution in [0.25, 0.3) is 0 Å². The van der Waals surface area contributed by atoms with E-state index in [0.29, 0.717) is 17.2 Å². The topological polar surface area (TPSA) is 71.5 Å². The van der Waals surface area contributed by atoms with Crippen molar-refractivity contribution in [2.75, 3.05) is 61.1 Å². The lowest BCUT2D eigenvalue weighted by Crippen LogP contribution is -2.52. The predicted octanol–water partition coefficient (Wildman–Crippen LogP) is 2.66. The Morgan fingerprint density at radius 2 is 1.72 bits per heavy atom. The number of guanidine groups is 1. The van der Waals surface area contributed by atoms with Crippen molar-refractivity contribution in [2.24, 2.45) is 4.99 Å². The van der Waals surface area contributed by atoms with Gasteiger partial charge in [-0.2, -0.15) is 0 Å². The number of piperazine rings is 1. The van der Waals surface area contributed by atoms with Crippen LogP contribution in [0.3, 0.4) is 0 Å². The summed E-state index contributed by atoms with van der Waals surface area (Å²) >= 11 is 0. The van der Waals surface area contributed by atoms with Crippen molar-refractivity contribution in [1.29, 1.82) is 0 Å². The number of rotatable bonds is 8. The van der Waals surface area contributed by atoms with E-state index < -0.39 is 0 Å². The molecule has 1 aliphatic heterocycles. The Morgan fingerprint density at radius 3 is 2.25 bits per heavy atom. The molecule has 0 radical (unpaired) electrons. The van der Waals surface area contributed by atoms with E-state index in [1.54, 1.807) is 21.3 Å². The standard InChI is InChI=1S/C23H33N5O3.HI/c1-24-23(26-10-8-19-7-5-6-9-25-19)28-13-11-27(12-14-28)17-18-15-20(29-2)22(31-4)21(16-18)30-3;/h5-7,9,15-16H,8,10-14,17H2,1-4H3,(H,24,26);1H. The van der Waals surface area contributed by atoms with Crippen molar-refractivity contribution in [3.8, 4) is 17.2 Å². The number of methoxy groups -OCH3 is 3. The molecule has 0 saturated carbocycles. The Kier molecular flexibility index (Phi) is 10.8. The zero-order valence-electron chi connectivity index (χ0n) is 19.3. The van der Waals surface area contributed by atoms with E-state index in [2.05, 4.69) is 25.1 Å². The average molecular weight is 555 g/mol. The van der Waals surface area contributed by atoms with Gasteiger partial charge in [0.05, 0.1) is 21.3 Å². The quantitative estimate of drug-likeness (QED) is 0.305. The van der Waals surface area contributed by atoms with Crippen molar-refractivity contribution in [3.63, 3.8) is 0 Å². The highest BCUT2D eigenvalue weighted by molar-refractivity contribution is 14.0. The van der Waals surface area contributed by atoms with Gasteiger partial charge in [-0.25, -0.2) is 0 Å². The number of halogens is 1. The highest BCUT2D eigenvalue weighted by Gasteiger charge is 2.21. The second kappa shape index (κ2) is 13.3. The first kappa shape index (κ1) is 26.0. The second-order valence-electron chi connectivity index (χ2n) is 7.34. The molecule has 0 bridgehead atoms. The molecule has 0 atom stereocenters. The van der Waals surface area contributed by atoms with Gasteiger partial charge in [-0.05, 0) is 29.8 Å². The maximum Gasteiger partial charge on any atom is 0.203 e. The van der Waals surface area contributed by atoms with Crippen molar-refractivity contribution in [2.45, 2.75) is 13.0 Å². The van der Waals surface area contributed by atoms with E-state index >= 15 is 0 Å². The van der Waals surface area contributed by atoms with Gasteiger partial charge in [-0.3, -0.25) is 14.9 Å². The smallest absolute Gasteiger partial charge is 0.203 e. The molecule has 1 aliphatic rings. The molecule has 176 valence electrons. The molecule has 1 N–H and O–H groups in total. The van der Waals surface area contributed by atoms with Crippen LogP contribution in [0.1, 0.15) is 11.3 Å². The molecule has 1 fully saturated rings. The number of hydrogen-bond acceptors (Lipinski definition) is 6. The van der Waals surface area contributed by atoms with Gasteiger partial charge in [0, 0.05) is 64.6 Å². The van der Waals surface area contributed by atoms with Crippen molar-refractivity contribution >= 4 is 29.9 Å². The molecular weight excluding hydrogens is 521 g/mol. The molecule has 2 aromatic rings. The van der Waals surface area contributed by atoms with Gasteiger partial charge in [-0.15, -0.1) is 24.0 Å². The summed E-state index contributed by atoms with van der Waals surface area (Å²) in [5.41, 5.74) is 2.22. The van der Waals surface area contributed by atoms with Gasteiger partial charge in [0.25, 0.3) is 0 Å². The zero-order valence-corrected chi connectivity index (χ0v) is 21.7. The van der Waals surface area contributed by atoms with Crippen molar-refractivity contribution in [1.82, 2.24) is 20.1 Å². The summed E-state index contributed by atoms with van der Waals surface area (Å²) in [6.45, 7) is 5.40. The maximum absolute atomic E-state index is 5.48. The highest BCUT2D eigenvalue weighted by atomic mass is 127. The number of benzene rings is 1. The molecule has 2 heterocycles. The summed E-state index contributed by atoms with van der Waals surface area (Å²) in [6.07, 6.45) is 2.71. The summed E-state index contributed by atoms with van der Waals surface area (Å²) in [7, 11) is 6.75. The number of aliphatic imine (C=N–C) groups is 1. The average Bonchev–Trinajstić information content (AvgIpc) is 2.82. The summed E-state index contributed by atoms with van der Waals surface area (Å²) < 4.78 is 16.4. The maximum atomic E-state index is 5.48. The van der Waals surface area contributed by atoms with E-state index in [0.717, 1.165) is 62.9 Å². The van der Waals surface area contributed by atoms with Gasteiger partial charge in [0.15, 0.2) is 17.5 Å². The van der Waals surface area contributed by atoms with E-state index in [1.807, 2.05) is 43.6 Å². The Labute approximate surface area is 208 Å². The first-order valence-electron chi connectivity index (χ1n) is 10.5. The molecule has 3 rings (SSSR count). The van der Waals surface area contributed by atoms with Crippen LogP contribution in [0.4, 0.5) is 0 Å². The molecule has 0 amide bonds. The number of aromatic nitrogens is 1. The molecule has 1 aromatic heterocycles. The normalized spacial score (nSPS) is 14.5. The molecule has 1 saturated heterocycles. The Balaban J connectivity index is 0.00000363. The summed E-state index contributed by atoms with van der Waals surface area (Å²) in [6, 6.07) is 10.0. The Morgan fingerprint density at radius 1 is 1.03 bits per heavy atom. The molecule has 8 nitrogen and oxygen atoms in total. The number of ether oxygens (including phenoxy) is 3. The fraction of sp³-hybridized carbons (Fsp3) is 0.478. The molecule has 9 heteroatoms. The number of nitrogens with one attached hydrogen (secondary N) is 1. The SMILES string of the molecule is CN=C(NCCc1ccccn1)N1CCN(Cc2cc(OC)c(OC)c(OC)c2)CC1.I. The van der Waals surface area contributed by atoms with Gasteiger partial charge >= 0.3 is 0 Å². The summed E-state index contributed by atoms with van der Waals surface area (Å²) in [5.74, 6) is 2.95. The number of pyridine rings is 1. The zero-order chi connectivity index (χ0) is 22.1. The minimum atomic E-state index is 0. The van der Waals surface area contributed by atoms with Crippen LogP contribution < -0.4 is 19.5 Å². The number of hydrogen-bond donors (Lipinski definition) is 1. The molecule has 1 aromatic carbocycles. The molecule has 0 aliphatic carbocycles. The fourth-order valence-corrected chi connectivity index (χ4v) is 3.78. The largest absolute Gasteiger partial charge is 0.493 e. The Hall–Kier alpha value is -2.27. The van der Waals surface area contributed by atoms with Gasteiger partial charge in [-0.1, -0.05) is 6.07 Å². The first-order valence-corrected chi connectivity index (χ1v) is 10.5. The van der Waals surface area contributed by atoms with Crippen LogP contribution >= 0.6 is 24.0 Å². The predicted molar refractivity (Wildman–Crippen MR) is 138 cm³/mol. The fourth-order valence-electron chi connectivity index (χ4n) is 3.78. The van der Waals surface area contributed by atoms with E-state index in [9.17, 15) is 0 Å². The number of nitrogens with zero attached hydrogens (tertiary/aromatic N) is 4. The van der Waals surface area contributed by atoms with Crippen molar-refractivity contribution < 1.29 is 14.2 Å². The third kappa shape index (κ3) is 6.86. The molecule has 0 spiro atoms. The second-order valence-corrected chi connectivity index (χ2v) is 7.34. The van der Waals surface area contributed by atoms with Crippen LogP contribution in [0.5, 0.6) is 17.2 Å². The van der Waals surface area contributed by atoms with E-state index in [4.69, 9.17) is 14.2 Å². The van der Waals surface area contributed by atoms with Crippen LogP contribution in [0, 0.1) is 0 Å². The lowest BCUT2D eigenvalue weighted by atomic mass is 10.1. The summed E-state index contributed by atoms with van der Waals surface area (Å²) in [4.78, 5) is 13.6. The van der Waals surface area contributed by atoms with Gasteiger partial charge < -0.3 is 24.4 Å². The van der Waals surface area contributed by atoms with Gasteiger partial charge in [0.1, 0.15) is 0 Å². The van der Waals surface area contributed by atoms with Crippen LogP contribution in [0.2, 0.25) is 0 Å².